The van der Waals surface area contributed by atoms with Crippen molar-refractivity contribution in [2.45, 2.75) is 0 Å². The molecule has 0 aliphatic carbocycles. The summed E-state index contributed by atoms with van der Waals surface area (Å²) in [7, 11) is 0. The van der Waals surface area contributed by atoms with Gasteiger partial charge in [0.05, 0.1) is 48.5 Å². The summed E-state index contributed by atoms with van der Waals surface area (Å²) in [6.07, 6.45) is 2.73. The number of hydrazone groups is 2. The van der Waals surface area contributed by atoms with Gasteiger partial charge < -0.3 is 10.2 Å². The van der Waals surface area contributed by atoms with Crippen molar-refractivity contribution in [3.63, 3.8) is 0 Å². The molecule has 30 heavy (non-hydrogen) atoms. The third-order valence-electron chi connectivity index (χ3n) is 4.40. The predicted molar refractivity (Wildman–Crippen MR) is 108 cm³/mol. The van der Waals surface area contributed by atoms with Crippen molar-refractivity contribution in [3.05, 3.63) is 67.8 Å². The maximum atomic E-state index is 10.8. The Morgan fingerprint density at radius 3 is 1.47 bits per heavy atom. The third-order valence-corrected chi connectivity index (χ3v) is 4.40. The Hall–Kier alpha value is -4.22. The van der Waals surface area contributed by atoms with Gasteiger partial charge in [0.15, 0.2) is 0 Å². The number of nitro benzene ring substituents is 2. The van der Waals surface area contributed by atoms with Crippen LogP contribution >= 0.6 is 0 Å². The third kappa shape index (κ3) is 4.98. The summed E-state index contributed by atoms with van der Waals surface area (Å²) in [4.78, 5) is 20.6. The summed E-state index contributed by atoms with van der Waals surface area (Å²) in [5, 5.41) is 53.3. The van der Waals surface area contributed by atoms with Crippen LogP contribution in [0.3, 0.4) is 0 Å². The van der Waals surface area contributed by atoms with Crippen molar-refractivity contribution in [1.82, 2.24) is 10.0 Å². The monoisotopic (exact) mass is 414 g/mol. The van der Waals surface area contributed by atoms with Crippen molar-refractivity contribution in [1.29, 1.82) is 0 Å². The van der Waals surface area contributed by atoms with Gasteiger partial charge in [-0.2, -0.15) is 10.2 Å². The first-order valence-corrected chi connectivity index (χ1v) is 8.86. The Balaban J connectivity index is 1.59. The zero-order valence-corrected chi connectivity index (χ0v) is 15.7. The van der Waals surface area contributed by atoms with Gasteiger partial charge >= 0.3 is 0 Å². The fourth-order valence-electron chi connectivity index (χ4n) is 2.72. The smallest absolute Gasteiger partial charge is 0.270 e. The van der Waals surface area contributed by atoms with Crippen molar-refractivity contribution >= 4 is 23.8 Å². The lowest BCUT2D eigenvalue weighted by Crippen LogP contribution is -2.41. The molecule has 12 nitrogen and oxygen atoms in total. The summed E-state index contributed by atoms with van der Waals surface area (Å²) in [6, 6.07) is 7.39. The molecule has 0 saturated carbocycles. The van der Waals surface area contributed by atoms with Crippen LogP contribution in [0.15, 0.2) is 46.6 Å². The number of nitro groups is 2. The van der Waals surface area contributed by atoms with Crippen LogP contribution in [0.2, 0.25) is 0 Å². The second-order valence-corrected chi connectivity index (χ2v) is 6.40. The average Bonchev–Trinajstić information content (AvgIpc) is 2.73. The number of aromatic hydroxyl groups is 2. The predicted octanol–water partition coefficient (Wildman–Crippen LogP) is 1.90. The Kier molecular flexibility index (Phi) is 6.05. The number of rotatable bonds is 6. The number of nitrogens with zero attached hydrogens (tertiary/aromatic N) is 6. The van der Waals surface area contributed by atoms with Crippen LogP contribution < -0.4 is 0 Å². The van der Waals surface area contributed by atoms with E-state index in [-0.39, 0.29) is 34.0 Å². The minimum Gasteiger partial charge on any atom is -0.507 e. The SMILES string of the molecule is O=[N+]([O-])c1ccc(O)c(/C=N\N2CCN(/N=C\c3cc([N+](=O)[O-])ccc3O)CC2)c1. The van der Waals surface area contributed by atoms with Crippen molar-refractivity contribution in [2.75, 3.05) is 26.2 Å². The molecule has 0 amide bonds. The molecule has 2 aromatic carbocycles. The molecule has 0 atom stereocenters. The summed E-state index contributed by atoms with van der Waals surface area (Å²) in [5.74, 6) is -0.214. The summed E-state index contributed by atoms with van der Waals surface area (Å²) in [6.45, 7) is 2.02. The first kappa shape index (κ1) is 20.5. The highest BCUT2D eigenvalue weighted by Gasteiger charge is 2.15. The van der Waals surface area contributed by atoms with Crippen LogP contribution in [0.25, 0.3) is 0 Å². The molecule has 0 unspecified atom stereocenters. The lowest BCUT2D eigenvalue weighted by Gasteiger charge is -2.31. The second-order valence-electron chi connectivity index (χ2n) is 6.40. The van der Waals surface area contributed by atoms with Crippen LogP contribution in [0.4, 0.5) is 11.4 Å². The van der Waals surface area contributed by atoms with Crippen LogP contribution in [-0.2, 0) is 0 Å². The molecular weight excluding hydrogens is 396 g/mol. The lowest BCUT2D eigenvalue weighted by atomic mass is 10.2. The van der Waals surface area contributed by atoms with Gasteiger partial charge in [-0.25, -0.2) is 0 Å². The Morgan fingerprint density at radius 1 is 0.767 bits per heavy atom. The largest absolute Gasteiger partial charge is 0.507 e. The lowest BCUT2D eigenvalue weighted by molar-refractivity contribution is -0.385. The van der Waals surface area contributed by atoms with E-state index in [0.29, 0.717) is 26.2 Å². The van der Waals surface area contributed by atoms with E-state index >= 15 is 0 Å². The fraction of sp³-hybridized carbons (Fsp3) is 0.222. The molecule has 1 aliphatic heterocycles. The summed E-state index contributed by atoms with van der Waals surface area (Å²) < 4.78 is 0. The maximum absolute atomic E-state index is 10.8. The van der Waals surface area contributed by atoms with E-state index < -0.39 is 9.85 Å². The number of piperazine rings is 1. The topological polar surface area (TPSA) is 158 Å². The number of hydrogen-bond donors (Lipinski definition) is 2. The highest BCUT2D eigenvalue weighted by Crippen LogP contribution is 2.22. The van der Waals surface area contributed by atoms with Crippen LogP contribution in [0.1, 0.15) is 11.1 Å². The fourth-order valence-corrected chi connectivity index (χ4v) is 2.72. The highest BCUT2D eigenvalue weighted by atomic mass is 16.6. The molecule has 1 saturated heterocycles. The first-order chi connectivity index (χ1) is 14.3. The highest BCUT2D eigenvalue weighted by molar-refractivity contribution is 5.84. The molecule has 1 heterocycles. The van der Waals surface area contributed by atoms with Crippen LogP contribution in [-0.4, -0.2) is 68.7 Å². The quantitative estimate of drug-likeness (QED) is 0.412. The van der Waals surface area contributed by atoms with Gasteiger partial charge in [0.25, 0.3) is 11.4 Å². The van der Waals surface area contributed by atoms with E-state index in [4.69, 9.17) is 0 Å². The van der Waals surface area contributed by atoms with Gasteiger partial charge in [-0.3, -0.25) is 30.2 Å². The van der Waals surface area contributed by atoms with E-state index in [9.17, 15) is 30.4 Å². The van der Waals surface area contributed by atoms with E-state index in [2.05, 4.69) is 10.2 Å². The van der Waals surface area contributed by atoms with E-state index in [1.165, 1.54) is 48.8 Å². The Labute approximate surface area is 170 Å². The molecule has 0 aromatic heterocycles. The number of benzene rings is 2. The molecule has 0 radical (unpaired) electrons. The molecule has 1 fully saturated rings. The molecule has 3 rings (SSSR count). The molecule has 2 N–H and O–H groups in total. The zero-order valence-electron chi connectivity index (χ0n) is 15.7. The molecule has 2 aromatic rings. The minimum absolute atomic E-state index is 0.107. The van der Waals surface area contributed by atoms with Gasteiger partial charge in [0, 0.05) is 35.4 Å². The average molecular weight is 414 g/mol. The van der Waals surface area contributed by atoms with Crippen molar-refractivity contribution < 1.29 is 20.1 Å². The van der Waals surface area contributed by atoms with Crippen molar-refractivity contribution in [2.24, 2.45) is 10.2 Å². The number of phenols is 2. The summed E-state index contributed by atoms with van der Waals surface area (Å²) in [5.41, 5.74) is 0.201. The van der Waals surface area contributed by atoms with Crippen LogP contribution in [0, 0.1) is 20.2 Å². The molecular formula is C18H18N6O6. The van der Waals surface area contributed by atoms with E-state index in [0.717, 1.165) is 0 Å². The number of non-ortho nitro benzene ring substituents is 2. The number of hydrogen-bond acceptors (Lipinski definition) is 10. The Morgan fingerprint density at radius 2 is 1.13 bits per heavy atom. The van der Waals surface area contributed by atoms with Crippen molar-refractivity contribution in [3.8, 4) is 11.5 Å². The normalized spacial score (nSPS) is 14.5. The first-order valence-electron chi connectivity index (χ1n) is 8.86. The van der Waals surface area contributed by atoms with Gasteiger partial charge in [-0.1, -0.05) is 0 Å². The van der Waals surface area contributed by atoms with E-state index in [1.54, 1.807) is 10.0 Å². The molecule has 12 heteroatoms. The Bertz CT molecular complexity index is 935. The molecule has 0 bridgehead atoms. The number of phenolic OH excluding ortho intramolecular Hbond substituents is 2. The standard InChI is InChI=1S/C18H18N6O6/c25-17-3-1-15(23(27)28)9-13(17)11-19-21-5-7-22(8-6-21)20-12-14-10-16(24(29)30)2-4-18(14)26/h1-4,9-12,25-26H,5-8H2/b19-11-,20-12-. The summed E-state index contributed by atoms with van der Waals surface area (Å²) >= 11 is 0. The second kappa shape index (κ2) is 8.86. The molecule has 0 spiro atoms. The van der Waals surface area contributed by atoms with Crippen LogP contribution in [0.5, 0.6) is 11.5 Å². The maximum Gasteiger partial charge on any atom is 0.270 e. The molecule has 156 valence electrons. The zero-order chi connectivity index (χ0) is 21.7. The van der Waals surface area contributed by atoms with Gasteiger partial charge in [0.2, 0.25) is 0 Å². The van der Waals surface area contributed by atoms with Gasteiger partial charge in [0.1, 0.15) is 11.5 Å². The minimum atomic E-state index is -0.549. The van der Waals surface area contributed by atoms with Gasteiger partial charge in [-0.15, -0.1) is 0 Å². The van der Waals surface area contributed by atoms with Gasteiger partial charge in [-0.05, 0) is 12.1 Å². The molecule has 1 aliphatic rings. The van der Waals surface area contributed by atoms with E-state index in [1.807, 2.05) is 0 Å².